The molecule has 4 nitrogen and oxygen atoms in total. The van der Waals surface area contributed by atoms with Gasteiger partial charge in [-0.05, 0) is 30.5 Å². The van der Waals surface area contributed by atoms with E-state index in [1.165, 1.54) is 7.11 Å². The van der Waals surface area contributed by atoms with Gasteiger partial charge in [0.1, 0.15) is 0 Å². The first-order valence-corrected chi connectivity index (χ1v) is 6.76. The number of benzene rings is 1. The third-order valence-electron chi connectivity index (χ3n) is 3.46. The van der Waals surface area contributed by atoms with Gasteiger partial charge in [0, 0.05) is 29.6 Å². The Morgan fingerprint density at radius 1 is 1.44 bits per heavy atom. The van der Waals surface area contributed by atoms with Gasteiger partial charge < -0.3 is 20.3 Å². The first-order chi connectivity index (χ1) is 8.60. The van der Waals surface area contributed by atoms with Crippen molar-refractivity contribution in [3.63, 3.8) is 0 Å². The van der Waals surface area contributed by atoms with E-state index in [1.807, 2.05) is 6.07 Å². The molecule has 0 radical (unpaired) electrons. The molecule has 0 bridgehead atoms. The van der Waals surface area contributed by atoms with Crippen molar-refractivity contribution in [2.24, 2.45) is 5.41 Å². The summed E-state index contributed by atoms with van der Waals surface area (Å²) in [5.41, 5.74) is 1.13. The van der Waals surface area contributed by atoms with Crippen LogP contribution in [0.1, 0.15) is 18.4 Å². The first kappa shape index (κ1) is 13.6. The second-order valence-electron chi connectivity index (χ2n) is 4.88. The molecular weight excluding hydrogens is 298 g/mol. The summed E-state index contributed by atoms with van der Waals surface area (Å²) >= 11 is 3.42. The number of aromatic hydroxyl groups is 1. The maximum Gasteiger partial charge on any atom is 0.160 e. The average molecular weight is 316 g/mol. The molecule has 2 rings (SSSR count). The van der Waals surface area contributed by atoms with Gasteiger partial charge in [-0.1, -0.05) is 15.9 Å². The van der Waals surface area contributed by atoms with Crippen molar-refractivity contribution in [1.29, 1.82) is 0 Å². The monoisotopic (exact) mass is 315 g/mol. The summed E-state index contributed by atoms with van der Waals surface area (Å²) in [5.74, 6) is 0.598. The van der Waals surface area contributed by atoms with E-state index >= 15 is 0 Å². The quantitative estimate of drug-likeness (QED) is 0.751. The van der Waals surface area contributed by atoms with Gasteiger partial charge in [-0.15, -0.1) is 0 Å². The van der Waals surface area contributed by atoms with Crippen molar-refractivity contribution < 1.29 is 14.9 Å². The van der Waals surface area contributed by atoms with Crippen LogP contribution in [0.15, 0.2) is 16.6 Å². The van der Waals surface area contributed by atoms with Gasteiger partial charge in [-0.3, -0.25) is 0 Å². The number of halogens is 1. The molecule has 1 aliphatic carbocycles. The minimum Gasteiger partial charge on any atom is -0.504 e. The molecule has 100 valence electrons. The average Bonchev–Trinajstić information content (AvgIpc) is 3.12. The largest absolute Gasteiger partial charge is 0.504 e. The molecular formula is C13H18BrNO3. The second-order valence-corrected chi connectivity index (χ2v) is 5.73. The fourth-order valence-corrected chi connectivity index (χ4v) is 2.39. The minimum absolute atomic E-state index is 0.105. The van der Waals surface area contributed by atoms with Gasteiger partial charge in [-0.2, -0.15) is 0 Å². The molecule has 0 heterocycles. The number of phenols is 1. The van der Waals surface area contributed by atoms with Crippen molar-refractivity contribution in [2.45, 2.75) is 19.4 Å². The molecule has 1 aliphatic rings. The van der Waals surface area contributed by atoms with Gasteiger partial charge in [0.15, 0.2) is 11.5 Å². The normalized spacial score (nSPS) is 16.6. The van der Waals surface area contributed by atoms with Crippen LogP contribution in [-0.2, 0) is 6.54 Å². The Morgan fingerprint density at radius 3 is 2.72 bits per heavy atom. The third-order valence-corrected chi connectivity index (χ3v) is 4.19. The van der Waals surface area contributed by atoms with E-state index < -0.39 is 0 Å². The van der Waals surface area contributed by atoms with Gasteiger partial charge in [0.2, 0.25) is 0 Å². The smallest absolute Gasteiger partial charge is 0.160 e. The van der Waals surface area contributed by atoms with E-state index in [0.29, 0.717) is 12.3 Å². The van der Waals surface area contributed by atoms with Crippen LogP contribution in [0.5, 0.6) is 11.5 Å². The van der Waals surface area contributed by atoms with Gasteiger partial charge >= 0.3 is 0 Å². The van der Waals surface area contributed by atoms with Crippen LogP contribution in [0, 0.1) is 5.41 Å². The van der Waals surface area contributed by atoms with Crippen LogP contribution < -0.4 is 10.1 Å². The van der Waals surface area contributed by atoms with E-state index in [-0.39, 0.29) is 17.8 Å². The number of methoxy groups -OCH3 is 1. The zero-order valence-corrected chi connectivity index (χ0v) is 12.0. The number of rotatable bonds is 6. The Kier molecular flexibility index (Phi) is 4.14. The molecule has 0 atom stereocenters. The maximum absolute atomic E-state index is 9.61. The first-order valence-electron chi connectivity index (χ1n) is 5.97. The number of ether oxygens (including phenoxy) is 1. The van der Waals surface area contributed by atoms with Crippen molar-refractivity contribution in [1.82, 2.24) is 5.32 Å². The number of hydrogen-bond acceptors (Lipinski definition) is 4. The third kappa shape index (κ3) is 2.96. The molecule has 1 aromatic rings. The van der Waals surface area contributed by atoms with Crippen molar-refractivity contribution in [3.05, 3.63) is 22.2 Å². The molecule has 0 amide bonds. The Balaban J connectivity index is 1.96. The number of aliphatic hydroxyl groups excluding tert-OH is 1. The van der Waals surface area contributed by atoms with Crippen LogP contribution in [0.4, 0.5) is 0 Å². The fourth-order valence-electron chi connectivity index (χ4n) is 1.91. The van der Waals surface area contributed by atoms with Crippen molar-refractivity contribution in [3.8, 4) is 11.5 Å². The molecule has 0 unspecified atom stereocenters. The summed E-state index contributed by atoms with van der Waals surface area (Å²) < 4.78 is 5.93. The van der Waals surface area contributed by atoms with Gasteiger partial charge in [-0.25, -0.2) is 0 Å². The molecule has 0 aliphatic heterocycles. The van der Waals surface area contributed by atoms with Gasteiger partial charge in [0.05, 0.1) is 7.11 Å². The van der Waals surface area contributed by atoms with E-state index in [2.05, 4.69) is 21.2 Å². The number of hydrogen-bond donors (Lipinski definition) is 3. The Labute approximate surface area is 115 Å². The lowest BCUT2D eigenvalue weighted by Gasteiger charge is -2.14. The zero-order chi connectivity index (χ0) is 13.2. The highest BCUT2D eigenvalue weighted by Gasteiger charge is 2.41. The highest BCUT2D eigenvalue weighted by atomic mass is 79.9. The summed E-state index contributed by atoms with van der Waals surface area (Å²) in [7, 11) is 1.53. The molecule has 1 fully saturated rings. The lowest BCUT2D eigenvalue weighted by Crippen LogP contribution is -2.26. The minimum atomic E-state index is 0.105. The van der Waals surface area contributed by atoms with E-state index in [0.717, 1.165) is 29.4 Å². The molecule has 5 heteroatoms. The summed E-state index contributed by atoms with van der Waals surface area (Å²) in [4.78, 5) is 0. The molecule has 0 spiro atoms. The van der Waals surface area contributed by atoms with Crippen molar-refractivity contribution in [2.75, 3.05) is 20.3 Å². The summed E-state index contributed by atoms with van der Waals surface area (Å²) in [6.45, 7) is 1.75. The second kappa shape index (κ2) is 5.47. The maximum atomic E-state index is 9.61. The topological polar surface area (TPSA) is 61.7 Å². The standard InChI is InChI=1S/C13H18BrNO3/c1-18-12-4-9(10(14)5-11(12)17)6-15-7-13(8-16)2-3-13/h4-5,15-17H,2-3,6-8H2,1H3. The van der Waals surface area contributed by atoms with Gasteiger partial charge in [0.25, 0.3) is 0 Å². The van der Waals surface area contributed by atoms with Crippen LogP contribution >= 0.6 is 15.9 Å². The zero-order valence-electron chi connectivity index (χ0n) is 10.4. The Hall–Kier alpha value is -0.780. The Bertz CT molecular complexity index is 432. The lowest BCUT2D eigenvalue weighted by molar-refractivity contribution is 0.207. The predicted molar refractivity (Wildman–Crippen MR) is 72.8 cm³/mol. The summed E-state index contributed by atoms with van der Waals surface area (Å²) in [5, 5.41) is 22.2. The van der Waals surface area contributed by atoms with Crippen LogP contribution in [0.25, 0.3) is 0 Å². The van der Waals surface area contributed by atoms with E-state index in [9.17, 15) is 10.2 Å². The Morgan fingerprint density at radius 2 is 2.17 bits per heavy atom. The molecule has 1 aromatic carbocycles. The molecule has 1 saturated carbocycles. The highest BCUT2D eigenvalue weighted by Crippen LogP contribution is 2.44. The molecule has 3 N–H and O–H groups in total. The highest BCUT2D eigenvalue weighted by molar-refractivity contribution is 9.10. The van der Waals surface area contributed by atoms with Crippen LogP contribution in [0.2, 0.25) is 0 Å². The van der Waals surface area contributed by atoms with E-state index in [4.69, 9.17) is 4.74 Å². The van der Waals surface area contributed by atoms with Crippen molar-refractivity contribution >= 4 is 15.9 Å². The summed E-state index contributed by atoms with van der Waals surface area (Å²) in [6.07, 6.45) is 2.19. The SMILES string of the molecule is COc1cc(CNCC2(CO)CC2)c(Br)cc1O. The number of aliphatic hydroxyl groups is 1. The molecule has 0 aromatic heterocycles. The number of phenolic OH excluding ortho intramolecular Hbond substituents is 1. The fraction of sp³-hybridized carbons (Fsp3) is 0.538. The number of nitrogens with one attached hydrogen (secondary N) is 1. The summed E-state index contributed by atoms with van der Waals surface area (Å²) in [6, 6.07) is 3.44. The van der Waals surface area contributed by atoms with Crippen LogP contribution in [0.3, 0.4) is 0 Å². The molecule has 0 saturated heterocycles. The van der Waals surface area contributed by atoms with Crippen LogP contribution in [-0.4, -0.2) is 30.5 Å². The molecule has 18 heavy (non-hydrogen) atoms. The predicted octanol–water partition coefficient (Wildman–Crippen LogP) is 2.03. The van der Waals surface area contributed by atoms with E-state index in [1.54, 1.807) is 6.07 Å². The lowest BCUT2D eigenvalue weighted by atomic mass is 10.1.